The van der Waals surface area contributed by atoms with Gasteiger partial charge in [-0.15, -0.1) is 35.3 Å². The van der Waals surface area contributed by atoms with E-state index in [2.05, 4.69) is 38.8 Å². The number of aromatic nitrogens is 1. The van der Waals surface area contributed by atoms with Gasteiger partial charge < -0.3 is 15.5 Å². The summed E-state index contributed by atoms with van der Waals surface area (Å²) in [5.41, 5.74) is 2.64. The number of thiazole rings is 1. The third-order valence-corrected chi connectivity index (χ3v) is 5.56. The number of amides is 1. The molecule has 2 heterocycles. The first-order valence-corrected chi connectivity index (χ1v) is 10.2. The Kier molecular flexibility index (Phi) is 9.17. The van der Waals surface area contributed by atoms with Crippen LogP contribution in [0.15, 0.2) is 35.5 Å². The summed E-state index contributed by atoms with van der Waals surface area (Å²) in [6.07, 6.45) is 4.17. The predicted octanol–water partition coefficient (Wildman–Crippen LogP) is 3.10. The number of hydrogen-bond donors (Lipinski definition) is 2. The number of hydrogen-bond acceptors (Lipinski definition) is 4. The third-order valence-electron chi connectivity index (χ3n) is 4.64. The van der Waals surface area contributed by atoms with Crippen molar-refractivity contribution >= 4 is 47.2 Å². The van der Waals surface area contributed by atoms with Crippen LogP contribution in [0.3, 0.4) is 0 Å². The maximum absolute atomic E-state index is 12.5. The molecule has 6 nitrogen and oxygen atoms in total. The van der Waals surface area contributed by atoms with Crippen molar-refractivity contribution in [2.75, 3.05) is 20.1 Å². The molecular weight excluding hydrogens is 485 g/mol. The molecule has 1 aromatic heterocycles. The van der Waals surface area contributed by atoms with Crippen LogP contribution >= 0.6 is 35.3 Å². The van der Waals surface area contributed by atoms with Gasteiger partial charge in [-0.1, -0.05) is 24.3 Å². The minimum Gasteiger partial charge on any atom is -0.356 e. The van der Waals surface area contributed by atoms with E-state index in [1.165, 1.54) is 16.0 Å². The summed E-state index contributed by atoms with van der Waals surface area (Å²) in [6.45, 7) is 4.97. The van der Waals surface area contributed by atoms with Crippen molar-refractivity contribution in [2.45, 2.75) is 39.3 Å². The van der Waals surface area contributed by atoms with Crippen molar-refractivity contribution < 1.29 is 4.79 Å². The van der Waals surface area contributed by atoms with E-state index in [9.17, 15) is 4.79 Å². The SMILES string of the molecule is CN=C(NCCCC(=O)N1CCc2ccccc2C1)NCc1ncc(C)s1.I. The fourth-order valence-electron chi connectivity index (χ4n) is 3.18. The van der Waals surface area contributed by atoms with Crippen LogP contribution in [0.25, 0.3) is 0 Å². The number of nitrogens with one attached hydrogen (secondary N) is 2. The Labute approximate surface area is 187 Å². The second-order valence-corrected chi connectivity index (χ2v) is 7.97. The van der Waals surface area contributed by atoms with Gasteiger partial charge in [-0.3, -0.25) is 9.79 Å². The fourth-order valence-corrected chi connectivity index (χ4v) is 3.90. The van der Waals surface area contributed by atoms with Gasteiger partial charge in [0, 0.05) is 44.2 Å². The van der Waals surface area contributed by atoms with E-state index in [4.69, 9.17) is 0 Å². The monoisotopic (exact) mass is 513 g/mol. The van der Waals surface area contributed by atoms with E-state index < -0.39 is 0 Å². The number of aliphatic imine (C=N–C) groups is 1. The first kappa shape index (κ1) is 22.6. The van der Waals surface area contributed by atoms with Crippen LogP contribution in [0.2, 0.25) is 0 Å². The highest BCUT2D eigenvalue weighted by atomic mass is 127. The van der Waals surface area contributed by atoms with E-state index in [0.717, 1.165) is 36.9 Å². The molecular formula is C20H28IN5OS. The van der Waals surface area contributed by atoms with Crippen LogP contribution < -0.4 is 10.6 Å². The summed E-state index contributed by atoms with van der Waals surface area (Å²) in [5.74, 6) is 0.967. The number of fused-ring (bicyclic) bond motifs is 1. The highest BCUT2D eigenvalue weighted by Gasteiger charge is 2.19. The molecule has 28 heavy (non-hydrogen) atoms. The van der Waals surface area contributed by atoms with Crippen molar-refractivity contribution in [1.29, 1.82) is 0 Å². The normalized spacial score (nSPS) is 13.5. The smallest absolute Gasteiger partial charge is 0.222 e. The Bertz CT molecular complexity index is 807. The lowest BCUT2D eigenvalue weighted by Crippen LogP contribution is -2.38. The Morgan fingerprint density at radius 1 is 1.29 bits per heavy atom. The molecule has 0 bridgehead atoms. The lowest BCUT2D eigenvalue weighted by molar-refractivity contribution is -0.132. The van der Waals surface area contributed by atoms with E-state index in [-0.39, 0.29) is 29.9 Å². The summed E-state index contributed by atoms with van der Waals surface area (Å²) in [7, 11) is 1.75. The standard InChI is InChI=1S/C20H27N5OS.HI/c1-15-12-23-18(27-15)13-24-20(21-2)22-10-5-8-19(26)25-11-9-16-6-3-4-7-17(16)14-25;/h3-4,6-7,12H,5,8-11,13-14H2,1-2H3,(H2,21,22,24);1H. The zero-order valence-corrected chi connectivity index (χ0v) is 19.5. The number of rotatable bonds is 6. The Morgan fingerprint density at radius 2 is 2.07 bits per heavy atom. The molecule has 0 atom stereocenters. The Morgan fingerprint density at radius 3 is 2.79 bits per heavy atom. The number of aryl methyl sites for hydroxylation is 1. The average Bonchev–Trinajstić information content (AvgIpc) is 3.12. The average molecular weight is 513 g/mol. The molecule has 0 aliphatic carbocycles. The Balaban J connectivity index is 0.00000280. The highest BCUT2D eigenvalue weighted by molar-refractivity contribution is 14.0. The molecule has 0 spiro atoms. The van der Waals surface area contributed by atoms with Gasteiger partial charge in [-0.2, -0.15) is 0 Å². The van der Waals surface area contributed by atoms with Crippen molar-refractivity contribution in [3.63, 3.8) is 0 Å². The first-order chi connectivity index (χ1) is 13.2. The minimum absolute atomic E-state index is 0. The molecule has 1 aliphatic rings. The van der Waals surface area contributed by atoms with E-state index in [1.807, 2.05) is 24.1 Å². The van der Waals surface area contributed by atoms with Gasteiger partial charge in [-0.05, 0) is 30.9 Å². The maximum atomic E-state index is 12.5. The van der Waals surface area contributed by atoms with Crippen LogP contribution in [0.5, 0.6) is 0 Å². The van der Waals surface area contributed by atoms with Crippen LogP contribution in [0.4, 0.5) is 0 Å². The van der Waals surface area contributed by atoms with Gasteiger partial charge in [0.15, 0.2) is 5.96 Å². The van der Waals surface area contributed by atoms with E-state index in [0.29, 0.717) is 19.5 Å². The molecule has 0 fully saturated rings. The van der Waals surface area contributed by atoms with E-state index in [1.54, 1.807) is 18.4 Å². The number of halogens is 1. The van der Waals surface area contributed by atoms with Gasteiger partial charge in [0.1, 0.15) is 5.01 Å². The summed E-state index contributed by atoms with van der Waals surface area (Å²) < 4.78 is 0. The molecule has 1 amide bonds. The van der Waals surface area contributed by atoms with Gasteiger partial charge >= 0.3 is 0 Å². The predicted molar refractivity (Wildman–Crippen MR) is 125 cm³/mol. The summed E-state index contributed by atoms with van der Waals surface area (Å²) >= 11 is 1.68. The lowest BCUT2D eigenvalue weighted by atomic mass is 9.99. The summed E-state index contributed by atoms with van der Waals surface area (Å²) in [4.78, 5) is 24.2. The lowest BCUT2D eigenvalue weighted by Gasteiger charge is -2.29. The van der Waals surface area contributed by atoms with Crippen LogP contribution in [0.1, 0.15) is 33.9 Å². The van der Waals surface area contributed by atoms with Gasteiger partial charge in [0.05, 0.1) is 6.54 Å². The quantitative estimate of drug-likeness (QED) is 0.270. The number of nitrogens with zero attached hydrogens (tertiary/aromatic N) is 3. The zero-order chi connectivity index (χ0) is 19.1. The minimum atomic E-state index is 0. The molecule has 1 aromatic carbocycles. The van der Waals surface area contributed by atoms with Crippen molar-refractivity contribution in [2.24, 2.45) is 4.99 Å². The maximum Gasteiger partial charge on any atom is 0.222 e. The molecule has 0 radical (unpaired) electrons. The van der Waals surface area contributed by atoms with Crippen LogP contribution in [-0.2, 0) is 24.3 Å². The molecule has 2 aromatic rings. The third kappa shape index (κ3) is 6.44. The van der Waals surface area contributed by atoms with E-state index >= 15 is 0 Å². The van der Waals surface area contributed by atoms with Gasteiger partial charge in [0.2, 0.25) is 5.91 Å². The molecule has 0 saturated carbocycles. The molecule has 1 aliphatic heterocycles. The van der Waals surface area contributed by atoms with Crippen molar-refractivity contribution in [1.82, 2.24) is 20.5 Å². The molecule has 0 unspecified atom stereocenters. The highest BCUT2D eigenvalue weighted by Crippen LogP contribution is 2.19. The number of carbonyl (C=O) groups excluding carboxylic acids is 1. The van der Waals surface area contributed by atoms with Crippen LogP contribution in [-0.4, -0.2) is 41.9 Å². The summed E-state index contributed by atoms with van der Waals surface area (Å²) in [5, 5.41) is 7.56. The largest absolute Gasteiger partial charge is 0.356 e. The zero-order valence-electron chi connectivity index (χ0n) is 16.4. The first-order valence-electron chi connectivity index (χ1n) is 9.36. The molecule has 2 N–H and O–H groups in total. The second-order valence-electron chi connectivity index (χ2n) is 6.65. The number of guanidine groups is 1. The van der Waals surface area contributed by atoms with Crippen LogP contribution in [0, 0.1) is 6.92 Å². The topological polar surface area (TPSA) is 69.6 Å². The fraction of sp³-hybridized carbons (Fsp3) is 0.450. The molecule has 8 heteroatoms. The second kappa shape index (κ2) is 11.4. The number of benzene rings is 1. The summed E-state index contributed by atoms with van der Waals surface area (Å²) in [6, 6.07) is 8.39. The molecule has 152 valence electrons. The molecule has 3 rings (SSSR count). The molecule has 0 saturated heterocycles. The van der Waals surface area contributed by atoms with Crippen molar-refractivity contribution in [3.8, 4) is 0 Å². The number of carbonyl (C=O) groups is 1. The Hall–Kier alpha value is -1.68. The van der Waals surface area contributed by atoms with Gasteiger partial charge in [0.25, 0.3) is 0 Å². The van der Waals surface area contributed by atoms with Crippen molar-refractivity contribution in [3.05, 3.63) is 51.5 Å². The van der Waals surface area contributed by atoms with Gasteiger partial charge in [-0.25, -0.2) is 4.98 Å².